The van der Waals surface area contributed by atoms with Crippen molar-refractivity contribution in [1.29, 1.82) is 0 Å². The number of nitrogens with one attached hydrogen (secondary N) is 2. The summed E-state index contributed by atoms with van der Waals surface area (Å²) in [7, 11) is 2.18. The third-order valence-corrected chi connectivity index (χ3v) is 5.16. The molecular formula is C23H28N6. The lowest BCUT2D eigenvalue weighted by molar-refractivity contribution is 0.313. The predicted molar refractivity (Wildman–Crippen MR) is 120 cm³/mol. The Morgan fingerprint density at radius 2 is 1.62 bits per heavy atom. The van der Waals surface area contributed by atoms with E-state index in [4.69, 9.17) is 0 Å². The van der Waals surface area contributed by atoms with Crippen molar-refractivity contribution in [2.24, 2.45) is 0 Å². The highest BCUT2D eigenvalue weighted by molar-refractivity contribution is 5.61. The van der Waals surface area contributed by atoms with Crippen LogP contribution in [0.25, 0.3) is 0 Å². The molecule has 0 atom stereocenters. The van der Waals surface area contributed by atoms with E-state index in [9.17, 15) is 0 Å². The van der Waals surface area contributed by atoms with E-state index in [0.717, 1.165) is 43.4 Å². The van der Waals surface area contributed by atoms with Crippen LogP contribution in [0.3, 0.4) is 0 Å². The van der Waals surface area contributed by atoms with Crippen LogP contribution in [-0.2, 0) is 6.54 Å². The maximum atomic E-state index is 4.62. The monoisotopic (exact) mass is 388 g/mol. The maximum absolute atomic E-state index is 4.62. The second-order valence-corrected chi connectivity index (χ2v) is 7.52. The Kier molecular flexibility index (Phi) is 5.91. The zero-order valence-corrected chi connectivity index (χ0v) is 17.1. The Morgan fingerprint density at radius 1 is 0.897 bits per heavy atom. The average molecular weight is 389 g/mol. The minimum absolute atomic E-state index is 0.630. The summed E-state index contributed by atoms with van der Waals surface area (Å²) in [4.78, 5) is 13.9. The van der Waals surface area contributed by atoms with Crippen molar-refractivity contribution in [2.75, 3.05) is 48.8 Å². The van der Waals surface area contributed by atoms with E-state index in [1.165, 1.54) is 11.3 Å². The van der Waals surface area contributed by atoms with Crippen LogP contribution in [0.2, 0.25) is 0 Å². The third-order valence-electron chi connectivity index (χ3n) is 5.16. The summed E-state index contributed by atoms with van der Waals surface area (Å²) in [5.41, 5.74) is 4.42. The number of benzene rings is 2. The molecular weight excluding hydrogens is 360 g/mol. The fourth-order valence-electron chi connectivity index (χ4n) is 3.46. The summed E-state index contributed by atoms with van der Waals surface area (Å²) < 4.78 is 0. The van der Waals surface area contributed by atoms with Crippen molar-refractivity contribution in [3.8, 4) is 0 Å². The summed E-state index contributed by atoms with van der Waals surface area (Å²) in [5.74, 6) is 1.42. The van der Waals surface area contributed by atoms with Gasteiger partial charge in [0.05, 0.1) is 0 Å². The average Bonchev–Trinajstić information content (AvgIpc) is 2.74. The second-order valence-electron chi connectivity index (χ2n) is 7.52. The van der Waals surface area contributed by atoms with Gasteiger partial charge in [-0.2, -0.15) is 4.98 Å². The smallest absolute Gasteiger partial charge is 0.225 e. The molecule has 29 heavy (non-hydrogen) atoms. The van der Waals surface area contributed by atoms with E-state index in [1.54, 1.807) is 0 Å². The van der Waals surface area contributed by atoms with Gasteiger partial charge in [0.2, 0.25) is 5.95 Å². The number of likely N-dealkylation sites (N-methyl/N-ethyl adjacent to an activating group) is 1. The molecule has 4 rings (SSSR count). The van der Waals surface area contributed by atoms with Gasteiger partial charge in [0.15, 0.2) is 0 Å². The van der Waals surface area contributed by atoms with Gasteiger partial charge in [-0.15, -0.1) is 0 Å². The number of hydrogen-bond acceptors (Lipinski definition) is 6. The van der Waals surface area contributed by atoms with Crippen molar-refractivity contribution < 1.29 is 0 Å². The molecule has 3 aromatic rings. The quantitative estimate of drug-likeness (QED) is 0.668. The highest BCUT2D eigenvalue weighted by atomic mass is 15.2. The van der Waals surface area contributed by atoms with Crippen LogP contribution in [-0.4, -0.2) is 48.1 Å². The Labute approximate surface area is 172 Å². The van der Waals surface area contributed by atoms with Crippen LogP contribution in [0.1, 0.15) is 11.3 Å². The summed E-state index contributed by atoms with van der Waals surface area (Å²) in [6, 6.07) is 20.8. The number of anilines is 4. The molecule has 0 radical (unpaired) electrons. The van der Waals surface area contributed by atoms with Gasteiger partial charge >= 0.3 is 0 Å². The molecule has 2 N–H and O–H groups in total. The van der Waals surface area contributed by atoms with Gasteiger partial charge in [-0.1, -0.05) is 30.3 Å². The van der Waals surface area contributed by atoms with E-state index < -0.39 is 0 Å². The largest absolute Gasteiger partial charge is 0.369 e. The molecule has 150 valence electrons. The van der Waals surface area contributed by atoms with Crippen molar-refractivity contribution >= 4 is 23.1 Å². The molecule has 1 aromatic heterocycles. The molecule has 0 saturated carbocycles. The number of hydrogen-bond donors (Lipinski definition) is 2. The van der Waals surface area contributed by atoms with E-state index in [-0.39, 0.29) is 0 Å². The molecule has 0 aliphatic carbocycles. The summed E-state index contributed by atoms with van der Waals surface area (Å²) in [6.45, 7) is 7.05. The van der Waals surface area contributed by atoms with Crippen molar-refractivity contribution in [3.63, 3.8) is 0 Å². The van der Waals surface area contributed by atoms with Gasteiger partial charge in [-0.05, 0) is 43.8 Å². The molecule has 2 heterocycles. The minimum atomic E-state index is 0.630. The van der Waals surface area contributed by atoms with Crippen LogP contribution >= 0.6 is 0 Å². The van der Waals surface area contributed by atoms with E-state index in [2.05, 4.69) is 73.8 Å². The topological polar surface area (TPSA) is 56.3 Å². The third kappa shape index (κ3) is 5.23. The Hall–Kier alpha value is -3.12. The van der Waals surface area contributed by atoms with Crippen LogP contribution in [0, 0.1) is 6.92 Å². The number of nitrogens with zero attached hydrogens (tertiary/aromatic N) is 4. The molecule has 2 aromatic carbocycles. The molecule has 6 nitrogen and oxygen atoms in total. The molecule has 1 aliphatic rings. The Bertz CT molecular complexity index is 918. The van der Waals surface area contributed by atoms with Crippen molar-refractivity contribution in [1.82, 2.24) is 14.9 Å². The van der Waals surface area contributed by atoms with Gasteiger partial charge < -0.3 is 20.4 Å². The van der Waals surface area contributed by atoms with Crippen LogP contribution in [0.4, 0.5) is 23.1 Å². The van der Waals surface area contributed by atoms with E-state index in [0.29, 0.717) is 12.5 Å². The molecule has 0 bridgehead atoms. The zero-order valence-electron chi connectivity index (χ0n) is 17.1. The molecule has 6 heteroatoms. The van der Waals surface area contributed by atoms with E-state index >= 15 is 0 Å². The number of aromatic nitrogens is 2. The lowest BCUT2D eigenvalue weighted by Gasteiger charge is -2.34. The normalized spacial score (nSPS) is 14.6. The first kappa shape index (κ1) is 19.2. The maximum Gasteiger partial charge on any atom is 0.225 e. The molecule has 0 amide bonds. The minimum Gasteiger partial charge on any atom is -0.369 e. The molecule has 1 fully saturated rings. The first-order valence-electron chi connectivity index (χ1n) is 10.1. The number of rotatable bonds is 6. The summed E-state index contributed by atoms with van der Waals surface area (Å²) >= 11 is 0. The number of piperazine rings is 1. The molecule has 0 spiro atoms. The SMILES string of the molecule is Cc1cc(Nc2ccc(N3CCN(C)CC3)cc2)nc(NCc2ccccc2)n1. The van der Waals surface area contributed by atoms with Crippen molar-refractivity contribution in [3.05, 3.63) is 71.9 Å². The van der Waals surface area contributed by atoms with Crippen molar-refractivity contribution in [2.45, 2.75) is 13.5 Å². The van der Waals surface area contributed by atoms with Gasteiger partial charge in [0.1, 0.15) is 5.82 Å². The van der Waals surface area contributed by atoms with Gasteiger partial charge in [-0.25, -0.2) is 4.98 Å². The fraction of sp³-hybridized carbons (Fsp3) is 0.304. The molecule has 0 unspecified atom stereocenters. The Morgan fingerprint density at radius 3 is 2.34 bits per heavy atom. The Balaban J connectivity index is 1.40. The van der Waals surface area contributed by atoms with E-state index in [1.807, 2.05) is 31.2 Å². The zero-order chi connectivity index (χ0) is 20.1. The fourth-order valence-corrected chi connectivity index (χ4v) is 3.46. The van der Waals surface area contributed by atoms with Gasteiger partial charge in [0.25, 0.3) is 0 Å². The molecule has 1 saturated heterocycles. The summed E-state index contributed by atoms with van der Waals surface area (Å²) in [6.07, 6.45) is 0. The standard InChI is InChI=1S/C23H28N6/c1-18-16-22(27-23(25-18)24-17-19-6-4-3-5-7-19)26-20-8-10-21(11-9-20)29-14-12-28(2)13-15-29/h3-11,16H,12-15,17H2,1-2H3,(H2,24,25,26,27). The number of aryl methyl sites for hydroxylation is 1. The molecule has 1 aliphatic heterocycles. The first-order chi connectivity index (χ1) is 14.2. The highest BCUT2D eigenvalue weighted by Crippen LogP contribution is 2.22. The lowest BCUT2D eigenvalue weighted by atomic mass is 10.2. The second kappa shape index (κ2) is 8.92. The predicted octanol–water partition coefficient (Wildman–Crippen LogP) is 3.89. The van der Waals surface area contributed by atoms with Crippen LogP contribution in [0.5, 0.6) is 0 Å². The van der Waals surface area contributed by atoms with Crippen LogP contribution in [0.15, 0.2) is 60.7 Å². The van der Waals surface area contributed by atoms with Gasteiger partial charge in [-0.3, -0.25) is 0 Å². The van der Waals surface area contributed by atoms with Gasteiger partial charge in [0, 0.05) is 55.9 Å². The summed E-state index contributed by atoms with van der Waals surface area (Å²) in [5, 5.41) is 6.71. The van der Waals surface area contributed by atoms with Crippen LogP contribution < -0.4 is 15.5 Å². The lowest BCUT2D eigenvalue weighted by Crippen LogP contribution is -2.44. The first-order valence-corrected chi connectivity index (χ1v) is 10.1. The highest BCUT2D eigenvalue weighted by Gasteiger charge is 2.14.